The van der Waals surface area contributed by atoms with Crippen molar-refractivity contribution in [3.8, 4) is 0 Å². The molecule has 0 spiro atoms. The van der Waals surface area contributed by atoms with Gasteiger partial charge in [-0.15, -0.1) is 0 Å². The zero-order valence-corrected chi connectivity index (χ0v) is 13.9. The third-order valence-corrected chi connectivity index (χ3v) is 5.25. The highest BCUT2D eigenvalue weighted by Gasteiger charge is 2.37. The second kappa shape index (κ2) is 7.26. The summed E-state index contributed by atoms with van der Waals surface area (Å²) in [6.45, 7) is 10.9. The van der Waals surface area contributed by atoms with Crippen LogP contribution in [0.1, 0.15) is 58.8 Å². The lowest BCUT2D eigenvalue weighted by Gasteiger charge is -2.41. The molecule has 2 saturated carbocycles. The average Bonchev–Trinajstić information content (AvgIpc) is 2.47. The Balaban J connectivity index is 1.83. The molecule has 0 aromatic rings. The summed E-state index contributed by atoms with van der Waals surface area (Å²) >= 11 is 0. The van der Waals surface area contributed by atoms with Crippen LogP contribution in [0.25, 0.3) is 0 Å². The SMILES string of the molecule is C=C(C)C(=O)CC1CCC2CC(OC(=O)C(=C)C)CCC2C1. The second-order valence-electron chi connectivity index (χ2n) is 7.23. The number of carbonyl (C=O) groups is 2. The number of Topliss-reactive ketones (excluding diaryl/α,β-unsaturated/α-hetero) is 1. The third-order valence-electron chi connectivity index (χ3n) is 5.25. The van der Waals surface area contributed by atoms with Crippen LogP contribution in [0, 0.1) is 17.8 Å². The monoisotopic (exact) mass is 304 g/mol. The van der Waals surface area contributed by atoms with Crippen molar-refractivity contribution in [3.05, 3.63) is 24.3 Å². The fraction of sp³-hybridized carbons (Fsp3) is 0.684. The lowest BCUT2D eigenvalue weighted by atomic mass is 9.66. The summed E-state index contributed by atoms with van der Waals surface area (Å²) in [5.74, 6) is 1.81. The molecule has 0 radical (unpaired) electrons. The first-order valence-corrected chi connectivity index (χ1v) is 8.42. The van der Waals surface area contributed by atoms with E-state index in [1.54, 1.807) is 13.8 Å². The van der Waals surface area contributed by atoms with Crippen LogP contribution in [0.4, 0.5) is 0 Å². The summed E-state index contributed by atoms with van der Waals surface area (Å²) in [5, 5.41) is 0. The van der Waals surface area contributed by atoms with Crippen molar-refractivity contribution >= 4 is 11.8 Å². The Morgan fingerprint density at radius 1 is 0.955 bits per heavy atom. The van der Waals surface area contributed by atoms with Crippen molar-refractivity contribution < 1.29 is 14.3 Å². The predicted octanol–water partition coefficient (Wildman–Crippen LogP) is 4.23. The van der Waals surface area contributed by atoms with Crippen molar-refractivity contribution in [1.82, 2.24) is 0 Å². The molecule has 22 heavy (non-hydrogen) atoms. The molecule has 2 rings (SSSR count). The summed E-state index contributed by atoms with van der Waals surface area (Å²) < 4.78 is 5.52. The Labute approximate surface area is 133 Å². The molecule has 122 valence electrons. The van der Waals surface area contributed by atoms with Gasteiger partial charge in [0.1, 0.15) is 6.10 Å². The third kappa shape index (κ3) is 4.31. The van der Waals surface area contributed by atoms with Crippen molar-refractivity contribution in [1.29, 1.82) is 0 Å². The lowest BCUT2D eigenvalue weighted by molar-refractivity contribution is -0.147. The molecule has 3 heteroatoms. The fourth-order valence-corrected chi connectivity index (χ4v) is 3.92. The highest BCUT2D eigenvalue weighted by Crippen LogP contribution is 2.44. The minimum Gasteiger partial charge on any atom is -0.459 e. The van der Waals surface area contributed by atoms with Gasteiger partial charge in [0.25, 0.3) is 0 Å². The minimum absolute atomic E-state index is 0.0547. The van der Waals surface area contributed by atoms with E-state index in [9.17, 15) is 9.59 Å². The fourth-order valence-electron chi connectivity index (χ4n) is 3.92. The van der Waals surface area contributed by atoms with Gasteiger partial charge in [0.15, 0.2) is 5.78 Å². The Hall–Kier alpha value is -1.38. The number of esters is 1. The molecule has 0 bridgehead atoms. The molecule has 0 aromatic heterocycles. The second-order valence-corrected chi connectivity index (χ2v) is 7.23. The number of hydrogen-bond donors (Lipinski definition) is 0. The smallest absolute Gasteiger partial charge is 0.333 e. The molecule has 0 amide bonds. The molecule has 0 aromatic carbocycles. The number of rotatable bonds is 5. The highest BCUT2D eigenvalue weighted by molar-refractivity contribution is 5.94. The Bertz CT molecular complexity index is 433. The molecule has 4 unspecified atom stereocenters. The van der Waals surface area contributed by atoms with E-state index in [1.807, 2.05) is 0 Å². The quantitative estimate of drug-likeness (QED) is 0.564. The standard InChI is InChI=1S/C19H28O3/c1-12(2)18(20)10-14-5-6-16-11-17(8-7-15(16)9-14)22-19(21)13(3)4/h14-17H,1,3,5-11H2,2,4H3. The normalized spacial score (nSPS) is 31.0. The zero-order chi connectivity index (χ0) is 16.3. The van der Waals surface area contributed by atoms with E-state index in [1.165, 1.54) is 0 Å². The Morgan fingerprint density at radius 3 is 2.23 bits per heavy atom. The molecule has 2 aliphatic carbocycles. The van der Waals surface area contributed by atoms with Crippen LogP contribution in [0.15, 0.2) is 24.3 Å². The molecule has 0 aliphatic heterocycles. The summed E-state index contributed by atoms with van der Waals surface area (Å²) in [6.07, 6.45) is 7.15. The number of carbonyl (C=O) groups excluding carboxylic acids is 2. The zero-order valence-electron chi connectivity index (χ0n) is 13.9. The molecule has 2 fully saturated rings. The van der Waals surface area contributed by atoms with Crippen LogP contribution < -0.4 is 0 Å². The molecule has 4 atom stereocenters. The van der Waals surface area contributed by atoms with Crippen LogP contribution in [0.2, 0.25) is 0 Å². The first kappa shape index (κ1) is 17.0. The maximum Gasteiger partial charge on any atom is 0.333 e. The van der Waals surface area contributed by atoms with Crippen LogP contribution >= 0.6 is 0 Å². The van der Waals surface area contributed by atoms with Crippen LogP contribution in [0.3, 0.4) is 0 Å². The summed E-state index contributed by atoms with van der Waals surface area (Å²) in [7, 11) is 0. The van der Waals surface area contributed by atoms with Gasteiger partial charge in [-0.2, -0.15) is 0 Å². The van der Waals surface area contributed by atoms with Gasteiger partial charge in [-0.3, -0.25) is 4.79 Å². The lowest BCUT2D eigenvalue weighted by Crippen LogP contribution is -2.35. The van der Waals surface area contributed by atoms with E-state index < -0.39 is 0 Å². The average molecular weight is 304 g/mol. The van der Waals surface area contributed by atoms with Gasteiger partial charge in [-0.1, -0.05) is 13.2 Å². The topological polar surface area (TPSA) is 43.4 Å². The van der Waals surface area contributed by atoms with Crippen molar-refractivity contribution in [3.63, 3.8) is 0 Å². The van der Waals surface area contributed by atoms with Gasteiger partial charge in [0, 0.05) is 12.0 Å². The van der Waals surface area contributed by atoms with Gasteiger partial charge >= 0.3 is 5.97 Å². The van der Waals surface area contributed by atoms with Gasteiger partial charge in [0.05, 0.1) is 0 Å². The van der Waals surface area contributed by atoms with Gasteiger partial charge in [-0.25, -0.2) is 4.79 Å². The van der Waals surface area contributed by atoms with Crippen molar-refractivity contribution in [2.24, 2.45) is 17.8 Å². The first-order valence-electron chi connectivity index (χ1n) is 8.42. The van der Waals surface area contributed by atoms with Crippen molar-refractivity contribution in [2.75, 3.05) is 0 Å². The molecule has 0 saturated heterocycles. The molecule has 2 aliphatic rings. The Kier molecular flexibility index (Phi) is 5.60. The van der Waals surface area contributed by atoms with Gasteiger partial charge in [-0.05, 0) is 75.7 Å². The van der Waals surface area contributed by atoms with Crippen LogP contribution in [-0.2, 0) is 14.3 Å². The molecule has 0 heterocycles. The highest BCUT2D eigenvalue weighted by atomic mass is 16.5. The van der Waals surface area contributed by atoms with E-state index >= 15 is 0 Å². The Morgan fingerprint density at radius 2 is 1.59 bits per heavy atom. The van der Waals surface area contributed by atoms with Gasteiger partial charge < -0.3 is 4.74 Å². The number of ether oxygens (including phenoxy) is 1. The number of allylic oxidation sites excluding steroid dienone is 1. The maximum atomic E-state index is 11.8. The van der Waals surface area contributed by atoms with Gasteiger partial charge in [0.2, 0.25) is 0 Å². The molecule has 3 nitrogen and oxygen atoms in total. The van der Waals surface area contributed by atoms with E-state index in [0.29, 0.717) is 35.3 Å². The van der Waals surface area contributed by atoms with E-state index in [-0.39, 0.29) is 17.9 Å². The van der Waals surface area contributed by atoms with E-state index in [2.05, 4.69) is 13.2 Å². The number of hydrogen-bond acceptors (Lipinski definition) is 3. The first-order chi connectivity index (χ1) is 10.4. The maximum absolute atomic E-state index is 11.8. The molecule has 0 N–H and O–H groups in total. The van der Waals surface area contributed by atoms with Crippen LogP contribution in [-0.4, -0.2) is 17.9 Å². The van der Waals surface area contributed by atoms with E-state index in [0.717, 1.165) is 38.5 Å². The predicted molar refractivity (Wildman–Crippen MR) is 87.3 cm³/mol. The summed E-state index contributed by atoms with van der Waals surface area (Å²) in [4.78, 5) is 23.5. The molecular formula is C19H28O3. The largest absolute Gasteiger partial charge is 0.459 e. The van der Waals surface area contributed by atoms with Crippen LogP contribution in [0.5, 0.6) is 0 Å². The molecular weight excluding hydrogens is 276 g/mol. The summed E-state index contributed by atoms with van der Waals surface area (Å²) in [6, 6.07) is 0. The number of ketones is 1. The summed E-state index contributed by atoms with van der Waals surface area (Å²) in [5.41, 5.74) is 1.15. The number of fused-ring (bicyclic) bond motifs is 1. The van der Waals surface area contributed by atoms with Crippen molar-refractivity contribution in [2.45, 2.75) is 64.9 Å². The van der Waals surface area contributed by atoms with E-state index in [4.69, 9.17) is 4.74 Å². The minimum atomic E-state index is -0.260.